The molecule has 0 aliphatic carbocycles. The first-order valence-corrected chi connectivity index (χ1v) is 11.1. The van der Waals surface area contributed by atoms with Crippen LogP contribution >= 0.6 is 11.3 Å². The lowest BCUT2D eigenvalue weighted by Crippen LogP contribution is -2.32. The average molecular weight is 433 g/mol. The fourth-order valence-corrected chi connectivity index (χ4v) is 4.19. The van der Waals surface area contributed by atoms with Crippen LogP contribution < -0.4 is 15.0 Å². The summed E-state index contributed by atoms with van der Waals surface area (Å²) >= 11 is 1.44. The van der Waals surface area contributed by atoms with E-state index in [4.69, 9.17) is 4.74 Å². The van der Waals surface area contributed by atoms with E-state index in [1.165, 1.54) is 16.2 Å². The first kappa shape index (κ1) is 20.9. The number of amides is 2. The smallest absolute Gasteiger partial charge is 0.282 e. The molecule has 0 unspecified atom stereocenters. The largest absolute Gasteiger partial charge is 0.494 e. The summed E-state index contributed by atoms with van der Waals surface area (Å²) in [6.07, 6.45) is 0.906. The standard InChI is InChI=1S/C25H24N2O3S/c1-4-12-30-20-8-5-7-18(15-20)26-23-22(21-9-6-13-31-21)24(28)27(25(23)29)19-11-10-16(2)17(3)14-19/h5-11,13-15,26H,4,12H2,1-3H3. The molecular formula is C25H24N2O3S. The number of thiophene rings is 1. The van der Waals surface area contributed by atoms with Crippen LogP contribution in [0.25, 0.3) is 5.57 Å². The molecule has 6 heteroatoms. The summed E-state index contributed by atoms with van der Waals surface area (Å²) < 4.78 is 5.71. The first-order chi connectivity index (χ1) is 15.0. The number of ether oxygens (including phenoxy) is 1. The molecule has 2 amide bonds. The number of anilines is 2. The van der Waals surface area contributed by atoms with Gasteiger partial charge >= 0.3 is 0 Å². The molecule has 1 aromatic heterocycles. The van der Waals surface area contributed by atoms with Crippen molar-refractivity contribution < 1.29 is 14.3 Å². The topological polar surface area (TPSA) is 58.6 Å². The normalized spacial score (nSPS) is 13.8. The van der Waals surface area contributed by atoms with Gasteiger partial charge in [0.2, 0.25) is 0 Å². The maximum atomic E-state index is 13.4. The summed E-state index contributed by atoms with van der Waals surface area (Å²) in [7, 11) is 0. The zero-order chi connectivity index (χ0) is 22.0. The maximum Gasteiger partial charge on any atom is 0.282 e. The van der Waals surface area contributed by atoms with Gasteiger partial charge in [-0.2, -0.15) is 0 Å². The summed E-state index contributed by atoms with van der Waals surface area (Å²) in [6.45, 7) is 6.63. The molecule has 2 aromatic carbocycles. The highest BCUT2D eigenvalue weighted by Crippen LogP contribution is 2.36. The highest BCUT2D eigenvalue weighted by atomic mass is 32.1. The van der Waals surface area contributed by atoms with E-state index in [1.807, 2.05) is 80.7 Å². The van der Waals surface area contributed by atoms with Gasteiger partial charge in [-0.15, -0.1) is 11.3 Å². The van der Waals surface area contributed by atoms with Gasteiger partial charge in [-0.3, -0.25) is 9.59 Å². The summed E-state index contributed by atoms with van der Waals surface area (Å²) in [5.74, 6) is 0.0287. The van der Waals surface area contributed by atoms with Crippen LogP contribution in [0.15, 0.2) is 65.7 Å². The van der Waals surface area contributed by atoms with Gasteiger partial charge in [-0.25, -0.2) is 4.90 Å². The van der Waals surface area contributed by atoms with Crippen molar-refractivity contribution in [3.8, 4) is 5.75 Å². The Kier molecular flexibility index (Phi) is 5.91. The molecule has 158 valence electrons. The van der Waals surface area contributed by atoms with Crippen molar-refractivity contribution in [2.45, 2.75) is 27.2 Å². The van der Waals surface area contributed by atoms with Gasteiger partial charge in [0.1, 0.15) is 11.4 Å². The number of hydrogen-bond donors (Lipinski definition) is 1. The van der Waals surface area contributed by atoms with E-state index in [0.29, 0.717) is 29.3 Å². The second kappa shape index (κ2) is 8.78. The Morgan fingerprint density at radius 1 is 0.968 bits per heavy atom. The van der Waals surface area contributed by atoms with Crippen LogP contribution in [0, 0.1) is 13.8 Å². The maximum absolute atomic E-state index is 13.4. The van der Waals surface area contributed by atoms with Crippen LogP contribution in [-0.4, -0.2) is 18.4 Å². The Balaban J connectivity index is 1.73. The molecule has 3 aromatic rings. The zero-order valence-electron chi connectivity index (χ0n) is 17.8. The number of carbonyl (C=O) groups is 2. The number of benzene rings is 2. The number of hydrogen-bond acceptors (Lipinski definition) is 5. The first-order valence-electron chi connectivity index (χ1n) is 10.2. The molecule has 0 spiro atoms. The van der Waals surface area contributed by atoms with E-state index < -0.39 is 0 Å². The minimum absolute atomic E-state index is 0.276. The Morgan fingerprint density at radius 2 is 1.81 bits per heavy atom. The van der Waals surface area contributed by atoms with Crippen molar-refractivity contribution in [3.05, 3.63) is 81.7 Å². The molecule has 1 N–H and O–H groups in total. The van der Waals surface area contributed by atoms with Gasteiger partial charge < -0.3 is 10.1 Å². The molecule has 0 radical (unpaired) electrons. The molecule has 0 saturated carbocycles. The van der Waals surface area contributed by atoms with E-state index in [9.17, 15) is 9.59 Å². The highest BCUT2D eigenvalue weighted by molar-refractivity contribution is 7.11. The number of imide groups is 1. The predicted octanol–water partition coefficient (Wildman–Crippen LogP) is 5.55. The predicted molar refractivity (Wildman–Crippen MR) is 125 cm³/mol. The van der Waals surface area contributed by atoms with Crippen molar-refractivity contribution in [3.63, 3.8) is 0 Å². The number of rotatable bonds is 7. The van der Waals surface area contributed by atoms with Crippen LogP contribution in [-0.2, 0) is 9.59 Å². The van der Waals surface area contributed by atoms with Crippen LogP contribution in [0.3, 0.4) is 0 Å². The zero-order valence-corrected chi connectivity index (χ0v) is 18.6. The van der Waals surface area contributed by atoms with Crippen LogP contribution in [0.4, 0.5) is 11.4 Å². The Bertz CT molecular complexity index is 1170. The summed E-state index contributed by atoms with van der Waals surface area (Å²) in [5, 5.41) is 5.09. The lowest BCUT2D eigenvalue weighted by molar-refractivity contribution is -0.120. The molecule has 0 saturated heterocycles. The molecule has 31 heavy (non-hydrogen) atoms. The van der Waals surface area contributed by atoms with Crippen molar-refractivity contribution >= 4 is 40.1 Å². The lowest BCUT2D eigenvalue weighted by Gasteiger charge is -2.17. The fraction of sp³-hybridized carbons (Fsp3) is 0.200. The number of nitrogens with one attached hydrogen (secondary N) is 1. The Morgan fingerprint density at radius 3 is 2.52 bits per heavy atom. The van der Waals surface area contributed by atoms with Crippen LogP contribution in [0.2, 0.25) is 0 Å². The molecule has 4 rings (SSSR count). The van der Waals surface area contributed by atoms with Crippen molar-refractivity contribution in [1.82, 2.24) is 0 Å². The SMILES string of the molecule is CCCOc1cccc(NC2=C(c3cccs3)C(=O)N(c3ccc(C)c(C)c3)C2=O)c1. The van der Waals surface area contributed by atoms with Crippen molar-refractivity contribution in [2.75, 3.05) is 16.8 Å². The molecule has 0 atom stereocenters. The third kappa shape index (κ3) is 4.11. The lowest BCUT2D eigenvalue weighted by atomic mass is 10.1. The quantitative estimate of drug-likeness (QED) is 0.497. The molecule has 1 aliphatic heterocycles. The molecule has 5 nitrogen and oxygen atoms in total. The van der Waals surface area contributed by atoms with E-state index in [0.717, 1.165) is 22.4 Å². The van der Waals surface area contributed by atoms with Crippen molar-refractivity contribution in [2.24, 2.45) is 0 Å². The van der Waals surface area contributed by atoms with E-state index in [2.05, 4.69) is 5.32 Å². The third-order valence-corrected chi connectivity index (χ3v) is 6.06. The minimum atomic E-state index is -0.364. The summed E-state index contributed by atoms with van der Waals surface area (Å²) in [5.41, 5.74) is 4.07. The van der Waals surface area contributed by atoms with Crippen LogP contribution in [0.1, 0.15) is 29.3 Å². The Hall–Kier alpha value is -3.38. The molecule has 0 fully saturated rings. The second-order valence-electron chi connectivity index (χ2n) is 7.44. The van der Waals surface area contributed by atoms with Gasteiger partial charge in [0, 0.05) is 16.6 Å². The second-order valence-corrected chi connectivity index (χ2v) is 8.39. The van der Waals surface area contributed by atoms with Gasteiger partial charge in [0.15, 0.2) is 0 Å². The van der Waals surface area contributed by atoms with Gasteiger partial charge in [0.25, 0.3) is 11.8 Å². The third-order valence-electron chi connectivity index (χ3n) is 5.18. The Labute approximate surface area is 186 Å². The van der Waals surface area contributed by atoms with E-state index in [-0.39, 0.29) is 17.5 Å². The molecule has 0 bridgehead atoms. The van der Waals surface area contributed by atoms with Gasteiger partial charge in [-0.05, 0) is 67.1 Å². The number of nitrogens with zero attached hydrogens (tertiary/aromatic N) is 1. The van der Waals surface area contributed by atoms with E-state index in [1.54, 1.807) is 0 Å². The fourth-order valence-electron chi connectivity index (χ4n) is 3.42. The van der Waals surface area contributed by atoms with E-state index >= 15 is 0 Å². The minimum Gasteiger partial charge on any atom is -0.494 e. The highest BCUT2D eigenvalue weighted by Gasteiger charge is 2.40. The summed E-state index contributed by atoms with van der Waals surface area (Å²) in [4.78, 5) is 28.9. The average Bonchev–Trinajstić information content (AvgIpc) is 3.36. The molecule has 2 heterocycles. The molecular weight excluding hydrogens is 408 g/mol. The monoisotopic (exact) mass is 432 g/mol. The van der Waals surface area contributed by atoms with Crippen LogP contribution in [0.5, 0.6) is 5.75 Å². The van der Waals surface area contributed by atoms with Crippen molar-refractivity contribution in [1.29, 1.82) is 0 Å². The summed E-state index contributed by atoms with van der Waals surface area (Å²) in [6, 6.07) is 16.8. The van der Waals surface area contributed by atoms with Gasteiger partial charge in [-0.1, -0.05) is 25.1 Å². The number of carbonyl (C=O) groups excluding carboxylic acids is 2. The molecule has 1 aliphatic rings. The van der Waals surface area contributed by atoms with Gasteiger partial charge in [0.05, 0.1) is 17.9 Å². The number of aryl methyl sites for hydroxylation is 2.